The third-order valence-corrected chi connectivity index (χ3v) is 4.64. The molecule has 0 aliphatic heterocycles. The highest BCUT2D eigenvalue weighted by molar-refractivity contribution is 7.71. The predicted octanol–water partition coefficient (Wildman–Crippen LogP) is 5.48. The first-order valence-corrected chi connectivity index (χ1v) is 8.70. The Bertz CT molecular complexity index is 922. The number of aromatic nitrogens is 1. The lowest BCUT2D eigenvalue weighted by Crippen LogP contribution is -2.24. The van der Waals surface area contributed by atoms with Gasteiger partial charge >= 0.3 is 0 Å². The molecule has 0 aliphatic rings. The number of benzene rings is 2. The maximum Gasteiger partial charge on any atom is 0.0564 e. The minimum absolute atomic E-state index is 0.876. The molecule has 0 bridgehead atoms. The molecule has 1 heterocycles. The highest BCUT2D eigenvalue weighted by atomic mass is 32.1. The largest absolute Gasteiger partial charge is 0.319 e. The number of rotatable bonds is 5. The Morgan fingerprint density at radius 2 is 1.48 bits per heavy atom. The summed E-state index contributed by atoms with van der Waals surface area (Å²) in [5, 5.41) is 2.04. The quantitative estimate of drug-likeness (QED) is 0.447. The van der Waals surface area contributed by atoms with Crippen molar-refractivity contribution in [3.63, 3.8) is 0 Å². The fourth-order valence-corrected chi connectivity index (χ4v) is 3.15. The SMILES string of the molecule is C=CCc1ccc(-c2cn(N(C)C)cc(-c3ccccc3)c2=S)cc1. The van der Waals surface area contributed by atoms with Gasteiger partial charge in [-0.15, -0.1) is 6.58 Å². The van der Waals surface area contributed by atoms with Crippen molar-refractivity contribution in [3.8, 4) is 22.3 Å². The van der Waals surface area contributed by atoms with Gasteiger partial charge in [0.15, 0.2) is 0 Å². The van der Waals surface area contributed by atoms with Gasteiger partial charge in [-0.1, -0.05) is 72.9 Å². The van der Waals surface area contributed by atoms with E-state index in [1.165, 1.54) is 5.56 Å². The van der Waals surface area contributed by atoms with E-state index < -0.39 is 0 Å². The molecule has 3 heteroatoms. The van der Waals surface area contributed by atoms with Crippen LogP contribution in [0.1, 0.15) is 5.56 Å². The molecule has 0 N–H and O–H groups in total. The molecular weight excluding hydrogens is 324 g/mol. The smallest absolute Gasteiger partial charge is 0.0564 e. The van der Waals surface area contributed by atoms with Crippen LogP contribution < -0.4 is 5.01 Å². The Hall–Kier alpha value is -2.65. The van der Waals surface area contributed by atoms with Crippen molar-refractivity contribution in [2.75, 3.05) is 19.1 Å². The van der Waals surface area contributed by atoms with E-state index in [-0.39, 0.29) is 0 Å². The average molecular weight is 346 g/mol. The standard InChI is InChI=1S/C22H22N2S/c1-4-8-17-11-13-19(14-12-17)21-16-24(23(2)3)15-20(22(21)25)18-9-6-5-7-10-18/h4-7,9-16H,1,8H2,2-3H3. The Morgan fingerprint density at radius 3 is 2.00 bits per heavy atom. The molecule has 0 saturated carbocycles. The minimum Gasteiger partial charge on any atom is -0.319 e. The van der Waals surface area contributed by atoms with Crippen molar-refractivity contribution < 1.29 is 0 Å². The van der Waals surface area contributed by atoms with Crippen LogP contribution in [0.25, 0.3) is 22.3 Å². The second-order valence-corrected chi connectivity index (χ2v) is 6.61. The van der Waals surface area contributed by atoms with Crippen molar-refractivity contribution in [2.45, 2.75) is 6.42 Å². The van der Waals surface area contributed by atoms with Crippen molar-refractivity contribution in [3.05, 3.63) is 89.7 Å². The Labute approximate surface area is 154 Å². The van der Waals surface area contributed by atoms with E-state index in [1.54, 1.807) is 0 Å². The fraction of sp³-hybridized carbons (Fsp3) is 0.136. The summed E-state index contributed by atoms with van der Waals surface area (Å²) in [6.07, 6.45) is 6.98. The van der Waals surface area contributed by atoms with Gasteiger partial charge in [-0.25, -0.2) is 0 Å². The van der Waals surface area contributed by atoms with Crippen LogP contribution in [0.2, 0.25) is 0 Å². The summed E-state index contributed by atoms with van der Waals surface area (Å²) in [6.45, 7) is 3.80. The highest BCUT2D eigenvalue weighted by Crippen LogP contribution is 2.29. The molecule has 2 aromatic carbocycles. The molecule has 0 atom stereocenters. The van der Waals surface area contributed by atoms with Crippen LogP contribution in [-0.2, 0) is 6.42 Å². The van der Waals surface area contributed by atoms with Gasteiger partial charge in [0.05, 0.1) is 4.51 Å². The van der Waals surface area contributed by atoms with Crippen LogP contribution in [0.4, 0.5) is 0 Å². The first-order valence-electron chi connectivity index (χ1n) is 8.29. The lowest BCUT2D eigenvalue weighted by Gasteiger charge is -2.20. The van der Waals surface area contributed by atoms with Gasteiger partial charge < -0.3 is 5.01 Å². The van der Waals surface area contributed by atoms with E-state index in [1.807, 2.05) is 43.4 Å². The molecule has 2 nitrogen and oxygen atoms in total. The Balaban J connectivity index is 2.17. The number of pyridine rings is 1. The predicted molar refractivity (Wildman–Crippen MR) is 110 cm³/mol. The van der Waals surface area contributed by atoms with Gasteiger partial charge in [0.25, 0.3) is 0 Å². The molecule has 0 unspecified atom stereocenters. The zero-order chi connectivity index (χ0) is 17.8. The molecule has 0 fully saturated rings. The highest BCUT2D eigenvalue weighted by Gasteiger charge is 2.09. The summed E-state index contributed by atoms with van der Waals surface area (Å²) in [7, 11) is 4.05. The van der Waals surface area contributed by atoms with Gasteiger partial charge in [0.1, 0.15) is 0 Å². The van der Waals surface area contributed by atoms with Crippen molar-refractivity contribution >= 4 is 12.2 Å². The lowest BCUT2D eigenvalue weighted by molar-refractivity contribution is 0.727. The average Bonchev–Trinajstić information content (AvgIpc) is 2.63. The van der Waals surface area contributed by atoms with Crippen LogP contribution in [0, 0.1) is 4.51 Å². The number of hydrogen-bond donors (Lipinski definition) is 0. The molecule has 0 spiro atoms. The maximum atomic E-state index is 5.84. The second kappa shape index (κ2) is 7.49. The molecule has 1 aromatic heterocycles. The van der Waals surface area contributed by atoms with Crippen molar-refractivity contribution in [1.29, 1.82) is 0 Å². The lowest BCUT2D eigenvalue weighted by atomic mass is 10.0. The number of allylic oxidation sites excluding steroid dienone is 1. The summed E-state index contributed by atoms with van der Waals surface area (Å²) in [5.74, 6) is 0. The zero-order valence-electron chi connectivity index (χ0n) is 14.6. The second-order valence-electron chi connectivity index (χ2n) is 6.20. The molecule has 0 radical (unpaired) electrons. The van der Waals surface area contributed by atoms with Crippen LogP contribution >= 0.6 is 12.2 Å². The monoisotopic (exact) mass is 346 g/mol. The van der Waals surface area contributed by atoms with E-state index in [4.69, 9.17) is 12.2 Å². The third-order valence-electron chi connectivity index (χ3n) is 4.20. The van der Waals surface area contributed by atoms with Crippen LogP contribution in [0.15, 0.2) is 79.6 Å². The zero-order valence-corrected chi connectivity index (χ0v) is 15.5. The van der Waals surface area contributed by atoms with E-state index in [9.17, 15) is 0 Å². The third kappa shape index (κ3) is 3.72. The summed E-state index contributed by atoms with van der Waals surface area (Å²) in [6, 6.07) is 18.9. The minimum atomic E-state index is 0.876. The van der Waals surface area contributed by atoms with Gasteiger partial charge in [-0.3, -0.25) is 4.68 Å². The first kappa shape index (κ1) is 17.2. The van der Waals surface area contributed by atoms with E-state index >= 15 is 0 Å². The normalized spacial score (nSPS) is 10.5. The number of hydrogen-bond acceptors (Lipinski definition) is 2. The van der Waals surface area contributed by atoms with Gasteiger partial charge in [0.2, 0.25) is 0 Å². The number of nitrogens with zero attached hydrogens (tertiary/aromatic N) is 2. The van der Waals surface area contributed by atoms with E-state index in [2.05, 4.69) is 60.0 Å². The van der Waals surface area contributed by atoms with Crippen LogP contribution in [0.3, 0.4) is 0 Å². The van der Waals surface area contributed by atoms with Crippen LogP contribution in [0.5, 0.6) is 0 Å². The summed E-state index contributed by atoms with van der Waals surface area (Å²) < 4.78 is 2.95. The van der Waals surface area contributed by atoms with Crippen molar-refractivity contribution in [2.24, 2.45) is 0 Å². The topological polar surface area (TPSA) is 8.17 Å². The molecule has 0 aliphatic carbocycles. The van der Waals surface area contributed by atoms with Gasteiger partial charge in [-0.05, 0) is 23.1 Å². The molecule has 25 heavy (non-hydrogen) atoms. The summed E-state index contributed by atoms with van der Waals surface area (Å²) in [5.41, 5.74) is 5.65. The fourth-order valence-electron chi connectivity index (χ4n) is 2.81. The Morgan fingerprint density at radius 1 is 0.920 bits per heavy atom. The summed E-state index contributed by atoms with van der Waals surface area (Å²) >= 11 is 5.84. The molecular formula is C22H22N2S. The van der Waals surface area contributed by atoms with Crippen LogP contribution in [-0.4, -0.2) is 18.8 Å². The van der Waals surface area contributed by atoms with Gasteiger partial charge in [-0.2, -0.15) is 0 Å². The molecule has 126 valence electrons. The van der Waals surface area contributed by atoms with E-state index in [0.29, 0.717) is 0 Å². The van der Waals surface area contributed by atoms with Crippen molar-refractivity contribution in [1.82, 2.24) is 4.68 Å². The first-order chi connectivity index (χ1) is 12.1. The van der Waals surface area contributed by atoms with E-state index in [0.717, 1.165) is 33.2 Å². The summed E-state index contributed by atoms with van der Waals surface area (Å²) in [4.78, 5) is 0. The van der Waals surface area contributed by atoms with Gasteiger partial charge in [0, 0.05) is 37.6 Å². The molecule has 3 aromatic rings. The molecule has 0 saturated heterocycles. The Kier molecular flexibility index (Phi) is 5.15. The molecule has 3 rings (SSSR count). The maximum absolute atomic E-state index is 5.84. The molecule has 0 amide bonds.